The molecule has 2 heteroatoms. The van der Waals surface area contributed by atoms with E-state index in [1.807, 2.05) is 0 Å². The molecule has 106 valence electrons. The van der Waals surface area contributed by atoms with Gasteiger partial charge in [0.1, 0.15) is 0 Å². The van der Waals surface area contributed by atoms with Gasteiger partial charge >= 0.3 is 0 Å². The standard InChI is InChI=1S/C18H24N2/c1-2-10-19-11-13-20(14-12-19)18-9-8-16-6-4-3-5-7-17(16)15-18/h1,8-9,15H,3-7,10-14H2. The van der Waals surface area contributed by atoms with Crippen molar-refractivity contribution in [2.24, 2.45) is 0 Å². The van der Waals surface area contributed by atoms with E-state index in [1.165, 1.54) is 37.8 Å². The Morgan fingerprint density at radius 3 is 2.45 bits per heavy atom. The summed E-state index contributed by atoms with van der Waals surface area (Å²) in [7, 11) is 0. The van der Waals surface area contributed by atoms with Gasteiger partial charge in [-0.25, -0.2) is 0 Å². The van der Waals surface area contributed by atoms with Crippen molar-refractivity contribution in [3.63, 3.8) is 0 Å². The Bertz CT molecular complexity index is 493. The largest absolute Gasteiger partial charge is 0.369 e. The number of rotatable bonds is 2. The highest BCUT2D eigenvalue weighted by atomic mass is 15.3. The Balaban J connectivity index is 1.69. The number of hydrogen-bond acceptors (Lipinski definition) is 2. The van der Waals surface area contributed by atoms with Gasteiger partial charge in [0.15, 0.2) is 0 Å². The molecule has 1 fully saturated rings. The van der Waals surface area contributed by atoms with Crippen LogP contribution in [0.3, 0.4) is 0 Å². The predicted octanol–water partition coefficient (Wildman–Crippen LogP) is 2.71. The number of hydrogen-bond donors (Lipinski definition) is 0. The fourth-order valence-electron chi connectivity index (χ4n) is 3.39. The zero-order chi connectivity index (χ0) is 13.8. The van der Waals surface area contributed by atoms with Gasteiger partial charge in [-0.1, -0.05) is 18.4 Å². The lowest BCUT2D eigenvalue weighted by molar-refractivity contribution is 0.288. The van der Waals surface area contributed by atoms with Crippen molar-refractivity contribution in [1.29, 1.82) is 0 Å². The number of benzene rings is 1. The van der Waals surface area contributed by atoms with Gasteiger partial charge in [-0.15, -0.1) is 6.42 Å². The molecule has 2 nitrogen and oxygen atoms in total. The lowest BCUT2D eigenvalue weighted by Crippen LogP contribution is -2.46. The maximum atomic E-state index is 5.39. The smallest absolute Gasteiger partial charge is 0.0600 e. The van der Waals surface area contributed by atoms with Gasteiger partial charge in [0.05, 0.1) is 6.54 Å². The first kappa shape index (κ1) is 13.5. The zero-order valence-corrected chi connectivity index (χ0v) is 12.3. The molecule has 0 amide bonds. The average Bonchev–Trinajstić information content (AvgIpc) is 2.73. The minimum atomic E-state index is 0.790. The minimum Gasteiger partial charge on any atom is -0.369 e. The van der Waals surface area contributed by atoms with Crippen molar-refractivity contribution in [2.45, 2.75) is 32.1 Å². The van der Waals surface area contributed by atoms with Crippen molar-refractivity contribution in [3.8, 4) is 12.3 Å². The Labute approximate surface area is 122 Å². The molecule has 1 aromatic carbocycles. The SMILES string of the molecule is C#CCN1CCN(c2ccc3c(c2)CCCCC3)CC1. The van der Waals surface area contributed by atoms with E-state index in [4.69, 9.17) is 6.42 Å². The van der Waals surface area contributed by atoms with Gasteiger partial charge < -0.3 is 4.90 Å². The molecule has 0 atom stereocenters. The molecule has 0 N–H and O–H groups in total. The molecule has 2 aliphatic rings. The van der Waals surface area contributed by atoms with E-state index in [9.17, 15) is 0 Å². The number of anilines is 1. The summed E-state index contributed by atoms with van der Waals surface area (Å²) in [6.45, 7) is 5.15. The summed E-state index contributed by atoms with van der Waals surface area (Å²) in [5.41, 5.74) is 4.58. The van der Waals surface area contributed by atoms with E-state index in [2.05, 4.69) is 33.9 Å². The third-order valence-corrected chi connectivity index (χ3v) is 4.63. The van der Waals surface area contributed by atoms with Gasteiger partial charge in [-0.05, 0) is 48.9 Å². The Kier molecular flexibility index (Phi) is 4.28. The second-order valence-electron chi connectivity index (χ2n) is 5.98. The summed E-state index contributed by atoms with van der Waals surface area (Å²) >= 11 is 0. The quantitative estimate of drug-likeness (QED) is 0.601. The third kappa shape index (κ3) is 2.99. The number of nitrogens with zero attached hydrogens (tertiary/aromatic N) is 2. The van der Waals surface area contributed by atoms with E-state index in [0.29, 0.717) is 0 Å². The molecule has 1 saturated heterocycles. The molecular formula is C18H24N2. The summed E-state index contributed by atoms with van der Waals surface area (Å²) in [5, 5.41) is 0. The highest BCUT2D eigenvalue weighted by molar-refractivity contribution is 5.52. The van der Waals surface area contributed by atoms with Crippen LogP contribution in [0.15, 0.2) is 18.2 Å². The van der Waals surface area contributed by atoms with Crippen LogP contribution in [-0.4, -0.2) is 37.6 Å². The van der Waals surface area contributed by atoms with E-state index < -0.39 is 0 Å². The van der Waals surface area contributed by atoms with Crippen LogP contribution in [0.5, 0.6) is 0 Å². The first-order valence-corrected chi connectivity index (χ1v) is 7.89. The van der Waals surface area contributed by atoms with Gasteiger partial charge in [0.25, 0.3) is 0 Å². The summed E-state index contributed by atoms with van der Waals surface area (Å²) in [6.07, 6.45) is 12.0. The molecule has 1 aliphatic carbocycles. The van der Waals surface area contributed by atoms with Crippen LogP contribution in [0.1, 0.15) is 30.4 Å². The third-order valence-electron chi connectivity index (χ3n) is 4.63. The summed E-state index contributed by atoms with van der Waals surface area (Å²) in [6, 6.07) is 7.13. The first-order valence-electron chi connectivity index (χ1n) is 7.89. The molecule has 1 heterocycles. The molecule has 0 spiro atoms. The first-order chi connectivity index (χ1) is 9.86. The van der Waals surface area contributed by atoms with Crippen molar-refractivity contribution in [2.75, 3.05) is 37.6 Å². The number of terminal acetylenes is 1. The Hall–Kier alpha value is -1.46. The van der Waals surface area contributed by atoms with E-state index >= 15 is 0 Å². The second-order valence-corrected chi connectivity index (χ2v) is 5.98. The number of fused-ring (bicyclic) bond motifs is 1. The van der Waals surface area contributed by atoms with Crippen molar-refractivity contribution in [1.82, 2.24) is 4.90 Å². The van der Waals surface area contributed by atoms with Crippen molar-refractivity contribution < 1.29 is 0 Å². The normalized spacial score (nSPS) is 20.1. The van der Waals surface area contributed by atoms with Gasteiger partial charge in [0.2, 0.25) is 0 Å². The molecule has 0 unspecified atom stereocenters. The van der Waals surface area contributed by atoms with Crippen LogP contribution in [-0.2, 0) is 12.8 Å². The van der Waals surface area contributed by atoms with Crippen molar-refractivity contribution >= 4 is 5.69 Å². The molecule has 20 heavy (non-hydrogen) atoms. The Morgan fingerprint density at radius 2 is 1.70 bits per heavy atom. The monoisotopic (exact) mass is 268 g/mol. The summed E-state index contributed by atoms with van der Waals surface area (Å²) in [4.78, 5) is 4.87. The highest BCUT2D eigenvalue weighted by Crippen LogP contribution is 2.26. The van der Waals surface area contributed by atoms with Gasteiger partial charge in [0, 0.05) is 31.9 Å². The van der Waals surface area contributed by atoms with Crippen LogP contribution in [0.2, 0.25) is 0 Å². The second kappa shape index (κ2) is 6.33. The Morgan fingerprint density at radius 1 is 0.950 bits per heavy atom. The summed E-state index contributed by atoms with van der Waals surface area (Å²) < 4.78 is 0. The zero-order valence-electron chi connectivity index (χ0n) is 12.3. The van der Waals surface area contributed by atoms with Crippen LogP contribution in [0, 0.1) is 12.3 Å². The predicted molar refractivity (Wildman–Crippen MR) is 85.2 cm³/mol. The molecule has 1 aromatic rings. The lowest BCUT2D eigenvalue weighted by atomic mass is 10.0. The molecule has 0 saturated carbocycles. The molecule has 0 radical (unpaired) electrons. The molecular weight excluding hydrogens is 244 g/mol. The summed E-state index contributed by atoms with van der Waals surface area (Å²) in [5.74, 6) is 2.75. The maximum Gasteiger partial charge on any atom is 0.0600 e. The van der Waals surface area contributed by atoms with Crippen molar-refractivity contribution in [3.05, 3.63) is 29.3 Å². The lowest BCUT2D eigenvalue weighted by Gasteiger charge is -2.35. The topological polar surface area (TPSA) is 6.48 Å². The van der Waals surface area contributed by atoms with Gasteiger partial charge in [-0.2, -0.15) is 0 Å². The van der Waals surface area contributed by atoms with Crippen LogP contribution in [0.4, 0.5) is 5.69 Å². The van der Waals surface area contributed by atoms with E-state index in [-0.39, 0.29) is 0 Å². The number of piperazine rings is 1. The minimum absolute atomic E-state index is 0.790. The van der Waals surface area contributed by atoms with Gasteiger partial charge in [-0.3, -0.25) is 4.90 Å². The molecule has 0 bridgehead atoms. The average molecular weight is 268 g/mol. The fourth-order valence-corrected chi connectivity index (χ4v) is 3.39. The van der Waals surface area contributed by atoms with Crippen LogP contribution < -0.4 is 4.90 Å². The number of aryl methyl sites for hydroxylation is 2. The van der Waals surface area contributed by atoms with Crippen LogP contribution in [0.25, 0.3) is 0 Å². The highest BCUT2D eigenvalue weighted by Gasteiger charge is 2.17. The van der Waals surface area contributed by atoms with Crippen LogP contribution >= 0.6 is 0 Å². The molecule has 1 aliphatic heterocycles. The fraction of sp³-hybridized carbons (Fsp3) is 0.556. The van der Waals surface area contributed by atoms with E-state index in [0.717, 1.165) is 32.7 Å². The maximum absolute atomic E-state index is 5.39. The van der Waals surface area contributed by atoms with E-state index in [1.54, 1.807) is 11.1 Å². The molecule has 3 rings (SSSR count). The molecule has 0 aromatic heterocycles.